The van der Waals surface area contributed by atoms with Crippen LogP contribution in [0.3, 0.4) is 0 Å². The Morgan fingerprint density at radius 1 is 1.42 bits per heavy atom. The minimum atomic E-state index is -0.528. The Labute approximate surface area is 162 Å². The van der Waals surface area contributed by atoms with Gasteiger partial charge < -0.3 is 18.9 Å². The topological polar surface area (TPSA) is 69.5 Å². The monoisotopic (exact) mass is 426 g/mol. The van der Waals surface area contributed by atoms with Crippen LogP contribution in [0.25, 0.3) is 11.0 Å². The second-order valence-electron chi connectivity index (χ2n) is 7.18. The smallest absolute Gasteiger partial charge is 0.410 e. The molecule has 0 unspecified atom stereocenters. The van der Waals surface area contributed by atoms with Crippen molar-refractivity contribution in [3.63, 3.8) is 0 Å². The van der Waals surface area contributed by atoms with E-state index in [1.54, 1.807) is 18.1 Å². The number of amides is 1. The van der Waals surface area contributed by atoms with Crippen molar-refractivity contribution in [2.45, 2.75) is 52.9 Å². The predicted molar refractivity (Wildman–Crippen MR) is 104 cm³/mol. The summed E-state index contributed by atoms with van der Waals surface area (Å²) >= 11 is 3.50. The molecule has 0 radical (unpaired) electrons. The zero-order chi connectivity index (χ0) is 19.5. The maximum Gasteiger partial charge on any atom is 0.410 e. The minimum absolute atomic E-state index is 0.194. The Bertz CT molecular complexity index is 770. The largest absolute Gasteiger partial charge is 0.444 e. The molecule has 0 aromatic carbocycles. The molecule has 0 aliphatic heterocycles. The normalized spacial score (nSPS) is 13.0. The van der Waals surface area contributed by atoms with Crippen molar-refractivity contribution in [2.24, 2.45) is 0 Å². The number of carbonyl (C=O) groups is 1. The molecule has 0 spiro atoms. The highest BCUT2D eigenvalue weighted by Gasteiger charge is 2.23. The Balaban J connectivity index is 2.19. The lowest BCUT2D eigenvalue weighted by Gasteiger charge is -2.28. The first kappa shape index (κ1) is 20.6. The van der Waals surface area contributed by atoms with Crippen LogP contribution in [0.4, 0.5) is 4.79 Å². The van der Waals surface area contributed by atoms with Gasteiger partial charge in [0, 0.05) is 19.9 Å². The summed E-state index contributed by atoms with van der Waals surface area (Å²) in [5.41, 5.74) is 1.27. The number of halogens is 1. The third kappa shape index (κ3) is 5.17. The van der Waals surface area contributed by atoms with Gasteiger partial charge in [0.25, 0.3) is 0 Å². The summed E-state index contributed by atoms with van der Waals surface area (Å²) in [5.74, 6) is 0.873. The second kappa shape index (κ2) is 8.35. The van der Waals surface area contributed by atoms with Crippen molar-refractivity contribution < 1.29 is 14.3 Å². The highest BCUT2D eigenvalue weighted by atomic mass is 79.9. The van der Waals surface area contributed by atoms with Gasteiger partial charge in [0.2, 0.25) is 0 Å². The fourth-order valence-corrected chi connectivity index (χ4v) is 3.24. The lowest BCUT2D eigenvalue weighted by Crippen LogP contribution is -2.40. The van der Waals surface area contributed by atoms with E-state index in [4.69, 9.17) is 9.47 Å². The number of nitrogens with zero attached hydrogens (tertiary/aromatic N) is 4. The molecule has 0 N–H and O–H groups in total. The van der Waals surface area contributed by atoms with Crippen LogP contribution in [0.2, 0.25) is 0 Å². The summed E-state index contributed by atoms with van der Waals surface area (Å²) < 4.78 is 14.1. The van der Waals surface area contributed by atoms with Crippen LogP contribution in [-0.2, 0) is 16.0 Å². The lowest BCUT2D eigenvalue weighted by atomic mass is 10.2. The van der Waals surface area contributed by atoms with Gasteiger partial charge in [-0.05, 0) is 56.6 Å². The highest BCUT2D eigenvalue weighted by Crippen LogP contribution is 2.23. The fourth-order valence-electron chi connectivity index (χ4n) is 2.70. The van der Waals surface area contributed by atoms with Crippen molar-refractivity contribution in [3.8, 4) is 0 Å². The van der Waals surface area contributed by atoms with E-state index in [-0.39, 0.29) is 12.2 Å². The molecular weight excluding hydrogens is 400 g/mol. The first-order valence-electron chi connectivity index (χ1n) is 8.65. The number of pyridine rings is 1. The van der Waals surface area contributed by atoms with Crippen molar-refractivity contribution in [2.75, 3.05) is 20.2 Å². The maximum absolute atomic E-state index is 12.2. The van der Waals surface area contributed by atoms with Gasteiger partial charge in [0.1, 0.15) is 21.5 Å². The van der Waals surface area contributed by atoms with E-state index < -0.39 is 5.60 Å². The Morgan fingerprint density at radius 2 is 2.12 bits per heavy atom. The zero-order valence-corrected chi connectivity index (χ0v) is 17.8. The molecule has 2 aromatic heterocycles. The van der Waals surface area contributed by atoms with Gasteiger partial charge in [0.05, 0.1) is 24.7 Å². The van der Waals surface area contributed by atoms with E-state index in [0.29, 0.717) is 19.7 Å². The van der Waals surface area contributed by atoms with Crippen LogP contribution < -0.4 is 0 Å². The predicted octanol–water partition coefficient (Wildman–Crippen LogP) is 3.77. The Kier molecular flexibility index (Phi) is 6.63. The number of aromatic nitrogens is 3. The lowest BCUT2D eigenvalue weighted by molar-refractivity contribution is 0.00177. The Morgan fingerprint density at radius 3 is 2.73 bits per heavy atom. The molecule has 26 heavy (non-hydrogen) atoms. The van der Waals surface area contributed by atoms with Gasteiger partial charge in [-0.25, -0.2) is 14.8 Å². The maximum atomic E-state index is 12.2. The van der Waals surface area contributed by atoms with Crippen molar-refractivity contribution >= 4 is 33.1 Å². The number of hydrogen-bond acceptors (Lipinski definition) is 5. The number of rotatable bonds is 6. The average Bonchev–Trinajstić information content (AvgIpc) is 2.83. The van der Waals surface area contributed by atoms with Crippen molar-refractivity contribution in [1.29, 1.82) is 0 Å². The van der Waals surface area contributed by atoms with Gasteiger partial charge in [0.15, 0.2) is 0 Å². The number of likely N-dealkylation sites (N-methyl/N-ethyl adjacent to an activating group) is 1. The van der Waals surface area contributed by atoms with Gasteiger partial charge in [-0.3, -0.25) is 0 Å². The van der Waals surface area contributed by atoms with E-state index in [0.717, 1.165) is 21.5 Å². The summed E-state index contributed by atoms with van der Waals surface area (Å²) in [4.78, 5) is 22.7. The number of aryl methyl sites for hydroxylation is 1. The molecule has 0 saturated heterocycles. The van der Waals surface area contributed by atoms with E-state index in [9.17, 15) is 4.79 Å². The van der Waals surface area contributed by atoms with Crippen molar-refractivity contribution in [1.82, 2.24) is 19.4 Å². The van der Waals surface area contributed by atoms with Crippen LogP contribution in [0, 0.1) is 6.92 Å². The molecule has 0 bridgehead atoms. The SMILES string of the molecule is CCO[C@@H](CN(C)C(=O)OC(C)(C)C)Cn1c(C)nc2ccnc(Br)c21. The third-order valence-corrected chi connectivity index (χ3v) is 4.35. The molecule has 2 heterocycles. The standard InChI is InChI=1S/C18H27BrN4O3/c1-7-25-13(10-22(6)17(24)26-18(3,4)5)11-23-12(2)21-14-8-9-20-16(19)15(14)23/h8-9,13H,7,10-11H2,1-6H3/t13-/m0/s1. The summed E-state index contributed by atoms with van der Waals surface area (Å²) in [6.07, 6.45) is 1.16. The van der Waals surface area contributed by atoms with Gasteiger partial charge in [-0.1, -0.05) is 0 Å². The average molecular weight is 427 g/mol. The van der Waals surface area contributed by atoms with E-state index in [2.05, 4.69) is 30.5 Å². The van der Waals surface area contributed by atoms with Crippen LogP contribution >= 0.6 is 15.9 Å². The van der Waals surface area contributed by atoms with E-state index >= 15 is 0 Å². The molecule has 2 aromatic rings. The zero-order valence-electron chi connectivity index (χ0n) is 16.2. The fraction of sp³-hybridized carbons (Fsp3) is 0.611. The number of carbonyl (C=O) groups excluding carboxylic acids is 1. The minimum Gasteiger partial charge on any atom is -0.444 e. The number of ether oxygens (including phenoxy) is 2. The molecule has 2 rings (SSSR count). The number of imidazole rings is 1. The summed E-state index contributed by atoms with van der Waals surface area (Å²) in [5, 5.41) is 0. The first-order chi connectivity index (χ1) is 12.1. The van der Waals surface area contributed by atoms with Crippen LogP contribution in [0.15, 0.2) is 16.9 Å². The molecule has 1 atom stereocenters. The Hall–Kier alpha value is -1.67. The molecule has 0 fully saturated rings. The molecule has 0 saturated carbocycles. The molecular formula is C18H27BrN4O3. The molecule has 1 amide bonds. The molecule has 0 aliphatic carbocycles. The number of hydrogen-bond donors (Lipinski definition) is 0. The molecule has 7 nitrogen and oxygen atoms in total. The van der Waals surface area contributed by atoms with Crippen LogP contribution in [0.1, 0.15) is 33.5 Å². The summed E-state index contributed by atoms with van der Waals surface area (Å²) in [6.45, 7) is 11.0. The first-order valence-corrected chi connectivity index (χ1v) is 9.44. The summed E-state index contributed by atoms with van der Waals surface area (Å²) in [7, 11) is 1.72. The van der Waals surface area contributed by atoms with Gasteiger partial charge in [-0.15, -0.1) is 0 Å². The van der Waals surface area contributed by atoms with Crippen LogP contribution in [0.5, 0.6) is 0 Å². The van der Waals surface area contributed by atoms with Crippen molar-refractivity contribution in [3.05, 3.63) is 22.7 Å². The molecule has 8 heteroatoms. The molecule has 144 valence electrons. The third-order valence-electron chi connectivity index (χ3n) is 3.77. The number of fused-ring (bicyclic) bond motifs is 1. The highest BCUT2D eigenvalue weighted by molar-refractivity contribution is 9.10. The van der Waals surface area contributed by atoms with E-state index in [1.807, 2.05) is 40.7 Å². The van der Waals surface area contributed by atoms with Crippen LogP contribution in [-0.4, -0.2) is 57.4 Å². The van der Waals surface area contributed by atoms with Gasteiger partial charge in [-0.2, -0.15) is 0 Å². The quantitative estimate of drug-likeness (QED) is 0.657. The second-order valence-corrected chi connectivity index (χ2v) is 7.93. The van der Waals surface area contributed by atoms with E-state index in [1.165, 1.54) is 0 Å². The molecule has 0 aliphatic rings. The summed E-state index contributed by atoms with van der Waals surface area (Å²) in [6, 6.07) is 1.88. The van der Waals surface area contributed by atoms with Gasteiger partial charge >= 0.3 is 6.09 Å².